The molecule has 5 heterocycles. The van der Waals surface area contributed by atoms with E-state index in [1.54, 1.807) is 23.2 Å². The number of carbonyl (C=O) groups is 2. The Morgan fingerprint density at radius 2 is 1.78 bits per heavy atom. The van der Waals surface area contributed by atoms with Crippen molar-refractivity contribution in [1.82, 2.24) is 29.7 Å². The maximum atomic E-state index is 15.6. The van der Waals surface area contributed by atoms with E-state index in [0.29, 0.717) is 59.5 Å². The quantitative estimate of drug-likeness (QED) is 0.130. The lowest BCUT2D eigenvalue weighted by Gasteiger charge is -2.56. The third-order valence-corrected chi connectivity index (χ3v) is 12.3. The number of alkyl halides is 3. The van der Waals surface area contributed by atoms with Gasteiger partial charge in [0.1, 0.15) is 17.2 Å². The minimum absolute atomic E-state index is 0.0388. The number of likely N-dealkylation sites (tertiary alicyclic amines) is 1. The van der Waals surface area contributed by atoms with Gasteiger partial charge in [-0.25, -0.2) is 31.9 Å². The van der Waals surface area contributed by atoms with Crippen molar-refractivity contribution in [1.29, 1.82) is 0 Å². The van der Waals surface area contributed by atoms with Crippen molar-refractivity contribution in [3.8, 4) is 11.3 Å². The van der Waals surface area contributed by atoms with Crippen LogP contribution in [0.3, 0.4) is 0 Å². The van der Waals surface area contributed by atoms with Crippen molar-refractivity contribution in [2.75, 3.05) is 23.3 Å². The molecular formula is C39H42ClF5N8O2. The molecule has 4 aliphatic rings. The van der Waals surface area contributed by atoms with Gasteiger partial charge in [0.15, 0.2) is 17.5 Å². The molecule has 0 bridgehead atoms. The second-order valence-electron chi connectivity index (χ2n) is 16.6. The summed E-state index contributed by atoms with van der Waals surface area (Å²) in [4.78, 5) is 45.3. The Bertz CT molecular complexity index is 2240. The maximum Gasteiger partial charge on any atom is 0.261 e. The average Bonchev–Trinajstić information content (AvgIpc) is 3.73. The zero-order valence-corrected chi connectivity index (χ0v) is 31.9. The van der Waals surface area contributed by atoms with Crippen molar-refractivity contribution in [3.63, 3.8) is 0 Å². The summed E-state index contributed by atoms with van der Waals surface area (Å²) >= 11 is 6.06. The first kappa shape index (κ1) is 37.5. The highest BCUT2D eigenvalue weighted by Gasteiger charge is 2.55. The summed E-state index contributed by atoms with van der Waals surface area (Å²) in [6.45, 7) is 10.8. The third kappa shape index (κ3) is 6.12. The predicted octanol–water partition coefficient (Wildman–Crippen LogP) is 8.26. The fourth-order valence-corrected chi connectivity index (χ4v) is 8.67. The minimum atomic E-state index is -2.85. The van der Waals surface area contributed by atoms with Gasteiger partial charge in [-0.3, -0.25) is 19.5 Å². The van der Waals surface area contributed by atoms with E-state index in [1.165, 1.54) is 0 Å². The zero-order chi connectivity index (χ0) is 39.4. The van der Waals surface area contributed by atoms with Crippen LogP contribution in [0.4, 0.5) is 39.1 Å². The first-order valence-electron chi connectivity index (χ1n) is 18.6. The molecule has 2 amide bonds. The molecule has 4 aromatic rings. The Hall–Kier alpha value is -4.37. The molecule has 3 aromatic heterocycles. The molecule has 2 aliphatic carbocycles. The van der Waals surface area contributed by atoms with E-state index in [2.05, 4.69) is 27.4 Å². The smallest absolute Gasteiger partial charge is 0.261 e. The number of aromatic nitrogens is 4. The highest BCUT2D eigenvalue weighted by molar-refractivity contribution is 6.34. The van der Waals surface area contributed by atoms with E-state index in [0.717, 1.165) is 19.0 Å². The highest BCUT2D eigenvalue weighted by atomic mass is 35.5. The van der Waals surface area contributed by atoms with E-state index in [4.69, 9.17) is 21.6 Å². The molecule has 55 heavy (non-hydrogen) atoms. The lowest BCUT2D eigenvalue weighted by molar-refractivity contribution is -0.124. The van der Waals surface area contributed by atoms with Crippen LogP contribution in [0.2, 0.25) is 5.02 Å². The van der Waals surface area contributed by atoms with Crippen molar-refractivity contribution < 1.29 is 31.5 Å². The molecule has 2 N–H and O–H groups in total. The lowest BCUT2D eigenvalue weighted by atomic mass is 9.71. The number of benzene rings is 1. The van der Waals surface area contributed by atoms with Crippen molar-refractivity contribution in [3.05, 3.63) is 58.6 Å². The van der Waals surface area contributed by atoms with Gasteiger partial charge in [-0.1, -0.05) is 11.6 Å². The molecule has 1 saturated heterocycles. The number of hydrogen-bond donors (Lipinski definition) is 2. The van der Waals surface area contributed by atoms with Crippen molar-refractivity contribution >= 4 is 51.6 Å². The summed E-state index contributed by atoms with van der Waals surface area (Å²) in [5, 5.41) is 4.24. The molecule has 0 unspecified atom stereocenters. The van der Waals surface area contributed by atoms with Gasteiger partial charge in [0.25, 0.3) is 12.3 Å². The summed E-state index contributed by atoms with van der Waals surface area (Å²) in [5.41, 5.74) is -0.837. The molecule has 1 atom stereocenters. The van der Waals surface area contributed by atoms with Crippen LogP contribution < -0.4 is 15.5 Å². The number of fused-ring (bicyclic) bond motifs is 2. The third-order valence-electron chi connectivity index (χ3n) is 11.9. The molecule has 8 rings (SSSR count). The normalized spacial score (nSPS) is 24.4. The molecule has 292 valence electrons. The molecule has 0 spiro atoms. The molecular weight excluding hydrogens is 743 g/mol. The first-order valence-corrected chi connectivity index (χ1v) is 19.0. The van der Waals surface area contributed by atoms with E-state index < -0.39 is 57.4 Å². The van der Waals surface area contributed by atoms with E-state index in [9.17, 15) is 22.8 Å². The van der Waals surface area contributed by atoms with Gasteiger partial charge in [0.2, 0.25) is 5.91 Å². The number of piperidine rings is 1. The summed E-state index contributed by atoms with van der Waals surface area (Å²) < 4.78 is 74.3. The van der Waals surface area contributed by atoms with Crippen LogP contribution in [0.15, 0.2) is 30.7 Å². The SMILES string of the molecule is CC(C)n1cnc2cc(-c3cnc4c(c3)N(C3CC(C)(N5CCC[C@@H](F)C5)C3)C(=O)C4(C)C)nc(Nc3cc(C(=O)NC4(C(F)F)CC4)c(Cl)c(F)c3F)c21. The van der Waals surface area contributed by atoms with Crippen LogP contribution in [0.5, 0.6) is 0 Å². The standard InChI is InChI=1S/C39H42ClF5N8O2/c1-19(2)52-18-47-26-13-24(48-33(31(26)52)49-25-12-23(28(40)30(43)29(25)42)34(54)50-39(8-9-39)35(44)45)20-11-27-32(46-16-20)37(3,4)36(55)53(27)22-14-38(5,15-22)51-10-6-7-21(41)17-51/h11-13,16,18-19,21-22,35H,6-10,14-15,17H2,1-5H3,(H,48,49)(H,50,54)/t21-,22?,38?/m1/s1. The van der Waals surface area contributed by atoms with Gasteiger partial charge < -0.3 is 20.1 Å². The number of anilines is 3. The predicted molar refractivity (Wildman–Crippen MR) is 199 cm³/mol. The zero-order valence-electron chi connectivity index (χ0n) is 31.1. The van der Waals surface area contributed by atoms with Gasteiger partial charge in [-0.2, -0.15) is 0 Å². The lowest BCUT2D eigenvalue weighted by Crippen LogP contribution is -2.64. The number of nitrogens with zero attached hydrogens (tertiary/aromatic N) is 6. The Morgan fingerprint density at radius 3 is 2.44 bits per heavy atom. The number of pyridine rings is 2. The first-order chi connectivity index (χ1) is 25.9. The van der Waals surface area contributed by atoms with Crippen LogP contribution in [0.1, 0.15) is 95.2 Å². The van der Waals surface area contributed by atoms with E-state index in [1.807, 2.05) is 38.7 Å². The Balaban J connectivity index is 1.16. The summed E-state index contributed by atoms with van der Waals surface area (Å²) in [5.74, 6) is -4.01. The molecule has 3 fully saturated rings. The number of amides is 2. The summed E-state index contributed by atoms with van der Waals surface area (Å²) in [7, 11) is 0. The second-order valence-corrected chi connectivity index (χ2v) is 16.9. The van der Waals surface area contributed by atoms with Gasteiger partial charge in [0, 0.05) is 35.9 Å². The molecule has 2 aliphatic heterocycles. The maximum absolute atomic E-state index is 15.6. The topological polar surface area (TPSA) is 108 Å². The number of hydrogen-bond acceptors (Lipinski definition) is 7. The highest BCUT2D eigenvalue weighted by Crippen LogP contribution is 2.50. The van der Waals surface area contributed by atoms with Crippen LogP contribution in [0, 0.1) is 11.6 Å². The largest absolute Gasteiger partial charge is 0.341 e. The van der Waals surface area contributed by atoms with Crippen LogP contribution in [-0.2, 0) is 10.2 Å². The van der Waals surface area contributed by atoms with Crippen LogP contribution in [-0.4, -0.2) is 79.0 Å². The van der Waals surface area contributed by atoms with Gasteiger partial charge in [0.05, 0.1) is 50.6 Å². The Labute approximate surface area is 319 Å². The molecule has 16 heteroatoms. The number of carbonyl (C=O) groups excluding carboxylic acids is 2. The average molecular weight is 785 g/mol. The Kier molecular flexibility index (Phi) is 8.95. The van der Waals surface area contributed by atoms with Crippen molar-refractivity contribution in [2.45, 2.75) is 114 Å². The molecule has 10 nitrogen and oxygen atoms in total. The second kappa shape index (κ2) is 13.1. The summed E-state index contributed by atoms with van der Waals surface area (Å²) in [6, 6.07) is 4.31. The Morgan fingerprint density at radius 1 is 1.05 bits per heavy atom. The van der Waals surface area contributed by atoms with Crippen LogP contribution in [0.25, 0.3) is 22.3 Å². The fourth-order valence-electron chi connectivity index (χ4n) is 8.44. The monoisotopic (exact) mass is 784 g/mol. The number of rotatable bonds is 9. The number of imidazole rings is 1. The van der Waals surface area contributed by atoms with E-state index in [-0.39, 0.29) is 42.2 Å². The van der Waals surface area contributed by atoms with Gasteiger partial charge in [-0.15, -0.1) is 0 Å². The number of nitrogens with one attached hydrogen (secondary N) is 2. The van der Waals surface area contributed by atoms with Crippen LogP contribution >= 0.6 is 11.6 Å². The van der Waals surface area contributed by atoms with Crippen molar-refractivity contribution in [2.24, 2.45) is 0 Å². The molecule has 1 aromatic carbocycles. The fraction of sp³-hybridized carbons (Fsp3) is 0.513. The van der Waals surface area contributed by atoms with E-state index >= 15 is 8.78 Å². The van der Waals surface area contributed by atoms with Gasteiger partial charge >= 0.3 is 0 Å². The molecule has 2 saturated carbocycles. The number of halogens is 6. The summed E-state index contributed by atoms with van der Waals surface area (Å²) in [6.07, 6.45) is 2.31. The molecule has 0 radical (unpaired) electrons. The van der Waals surface area contributed by atoms with Gasteiger partial charge in [-0.05, 0) is 97.9 Å². The minimum Gasteiger partial charge on any atom is -0.341 e.